The van der Waals surface area contributed by atoms with Gasteiger partial charge in [-0.1, -0.05) is 41.4 Å². The minimum absolute atomic E-state index is 0.0963. The number of pyridine rings is 1. The lowest BCUT2D eigenvalue weighted by Gasteiger charge is -2.24. The van der Waals surface area contributed by atoms with E-state index in [2.05, 4.69) is 27.7 Å². The summed E-state index contributed by atoms with van der Waals surface area (Å²) in [6, 6.07) is 8.83. The van der Waals surface area contributed by atoms with Crippen LogP contribution in [-0.4, -0.2) is 58.8 Å². The van der Waals surface area contributed by atoms with Crippen LogP contribution in [0.2, 0.25) is 10.0 Å². The van der Waals surface area contributed by atoms with Crippen LogP contribution in [0.15, 0.2) is 30.3 Å². The second kappa shape index (κ2) is 13.3. The number of ether oxygens (including phenoxy) is 1. The summed E-state index contributed by atoms with van der Waals surface area (Å²) < 4.78 is 5.19. The largest absolute Gasteiger partial charge is 0.480 e. The molecule has 2 aliphatic rings. The highest BCUT2D eigenvalue weighted by molar-refractivity contribution is 6.42. The molecular formula is C27H34Cl2N4O4. The number of carboxylic acid groups (broad SMARTS) is 1. The van der Waals surface area contributed by atoms with E-state index in [-0.39, 0.29) is 6.61 Å². The monoisotopic (exact) mass is 548 g/mol. The molecular weight excluding hydrogens is 515 g/mol. The fraction of sp³-hybridized carbons (Fsp3) is 0.519. The SMILES string of the molecule is O=C(NC(CCN(CCCCc1ccc2c(n1)NCCC2)C1CC1)C(=O)O)OCc1cccc(Cl)c1Cl. The Morgan fingerprint density at radius 3 is 2.81 bits per heavy atom. The number of carbonyl (C=O) groups excluding carboxylic acids is 1. The third-order valence-electron chi connectivity index (χ3n) is 6.83. The van der Waals surface area contributed by atoms with Gasteiger partial charge < -0.3 is 25.4 Å². The van der Waals surface area contributed by atoms with Gasteiger partial charge in [0.15, 0.2) is 0 Å². The Morgan fingerprint density at radius 1 is 1.19 bits per heavy atom. The Labute approximate surface area is 227 Å². The number of unbranched alkanes of at least 4 members (excludes halogenated alkanes) is 1. The van der Waals surface area contributed by atoms with Gasteiger partial charge in [-0.2, -0.15) is 0 Å². The summed E-state index contributed by atoms with van der Waals surface area (Å²) in [6.07, 6.45) is 6.97. The molecule has 1 aliphatic heterocycles. The number of hydrogen-bond acceptors (Lipinski definition) is 6. The molecule has 0 bridgehead atoms. The number of benzene rings is 1. The van der Waals surface area contributed by atoms with Crippen LogP contribution in [0.25, 0.3) is 0 Å². The summed E-state index contributed by atoms with van der Waals surface area (Å²) in [5.41, 5.74) is 2.96. The summed E-state index contributed by atoms with van der Waals surface area (Å²) in [5, 5.41) is 16.2. The molecule has 1 aliphatic carbocycles. The minimum Gasteiger partial charge on any atom is -0.480 e. The molecule has 3 N–H and O–H groups in total. The van der Waals surface area contributed by atoms with Crippen LogP contribution < -0.4 is 10.6 Å². The van der Waals surface area contributed by atoms with Crippen molar-refractivity contribution in [2.75, 3.05) is 25.0 Å². The molecule has 200 valence electrons. The number of carbonyl (C=O) groups is 2. The number of nitrogens with zero attached hydrogens (tertiary/aromatic N) is 2. The third-order valence-corrected chi connectivity index (χ3v) is 7.69. The lowest BCUT2D eigenvalue weighted by molar-refractivity contribution is -0.139. The molecule has 2 aromatic rings. The topological polar surface area (TPSA) is 104 Å². The van der Waals surface area contributed by atoms with Gasteiger partial charge in [-0.25, -0.2) is 14.6 Å². The molecule has 1 aromatic carbocycles. The van der Waals surface area contributed by atoms with E-state index in [1.165, 1.54) is 5.56 Å². The van der Waals surface area contributed by atoms with Crippen molar-refractivity contribution in [3.8, 4) is 0 Å². The Hall–Kier alpha value is -2.55. The van der Waals surface area contributed by atoms with Crippen LogP contribution in [-0.2, 0) is 29.0 Å². The molecule has 37 heavy (non-hydrogen) atoms. The summed E-state index contributed by atoms with van der Waals surface area (Å²) >= 11 is 12.1. The van der Waals surface area contributed by atoms with E-state index in [1.54, 1.807) is 18.2 Å². The van der Waals surface area contributed by atoms with E-state index in [0.717, 1.165) is 69.5 Å². The van der Waals surface area contributed by atoms with E-state index < -0.39 is 18.1 Å². The molecule has 1 fully saturated rings. The summed E-state index contributed by atoms with van der Waals surface area (Å²) in [6.45, 7) is 2.39. The van der Waals surface area contributed by atoms with Gasteiger partial charge >= 0.3 is 12.1 Å². The molecule has 1 amide bonds. The first kappa shape index (κ1) is 27.5. The van der Waals surface area contributed by atoms with Crippen molar-refractivity contribution in [2.24, 2.45) is 0 Å². The molecule has 10 heteroatoms. The quantitative estimate of drug-likeness (QED) is 0.291. The molecule has 2 heterocycles. The zero-order chi connectivity index (χ0) is 26.2. The maximum Gasteiger partial charge on any atom is 0.408 e. The van der Waals surface area contributed by atoms with Crippen LogP contribution in [0.1, 0.15) is 55.3 Å². The average molecular weight is 549 g/mol. The van der Waals surface area contributed by atoms with E-state index in [0.29, 0.717) is 34.6 Å². The van der Waals surface area contributed by atoms with Crippen LogP contribution in [0, 0.1) is 0 Å². The Balaban J connectivity index is 1.20. The van der Waals surface area contributed by atoms with Crippen LogP contribution in [0.4, 0.5) is 10.6 Å². The van der Waals surface area contributed by atoms with Crippen molar-refractivity contribution in [1.29, 1.82) is 0 Å². The van der Waals surface area contributed by atoms with Crippen molar-refractivity contribution in [3.63, 3.8) is 0 Å². The number of aliphatic carboxylic acids is 1. The molecule has 8 nitrogen and oxygen atoms in total. The first-order valence-electron chi connectivity index (χ1n) is 13.0. The van der Waals surface area contributed by atoms with E-state index in [4.69, 9.17) is 32.9 Å². The van der Waals surface area contributed by atoms with E-state index in [1.807, 2.05) is 0 Å². The van der Waals surface area contributed by atoms with Gasteiger partial charge in [0, 0.05) is 30.4 Å². The lowest BCUT2D eigenvalue weighted by atomic mass is 10.1. The number of rotatable bonds is 13. The number of amides is 1. The number of anilines is 1. The highest BCUT2D eigenvalue weighted by atomic mass is 35.5. The van der Waals surface area contributed by atoms with Gasteiger partial charge in [0.25, 0.3) is 0 Å². The highest BCUT2D eigenvalue weighted by Crippen LogP contribution is 2.28. The van der Waals surface area contributed by atoms with Crippen molar-refractivity contribution in [3.05, 3.63) is 57.2 Å². The number of fused-ring (bicyclic) bond motifs is 1. The third kappa shape index (κ3) is 8.22. The van der Waals surface area contributed by atoms with Gasteiger partial charge in [-0.3, -0.25) is 0 Å². The summed E-state index contributed by atoms with van der Waals surface area (Å²) in [7, 11) is 0. The van der Waals surface area contributed by atoms with Crippen molar-refractivity contribution in [1.82, 2.24) is 15.2 Å². The maximum atomic E-state index is 12.3. The van der Waals surface area contributed by atoms with Crippen LogP contribution in [0.5, 0.6) is 0 Å². The highest BCUT2D eigenvalue weighted by Gasteiger charge is 2.30. The van der Waals surface area contributed by atoms with Gasteiger partial charge in [0.05, 0.1) is 10.0 Å². The molecule has 1 aromatic heterocycles. The number of aromatic nitrogens is 1. The van der Waals surface area contributed by atoms with Gasteiger partial charge in [-0.05, 0) is 75.6 Å². The number of hydrogen-bond donors (Lipinski definition) is 3. The van der Waals surface area contributed by atoms with Crippen LogP contribution in [0.3, 0.4) is 0 Å². The predicted octanol–water partition coefficient (Wildman–Crippen LogP) is 5.30. The molecule has 4 rings (SSSR count). The molecule has 1 saturated carbocycles. The smallest absolute Gasteiger partial charge is 0.408 e. The zero-order valence-corrected chi connectivity index (χ0v) is 22.4. The fourth-order valence-electron chi connectivity index (χ4n) is 4.59. The minimum atomic E-state index is -1.08. The Kier molecular flexibility index (Phi) is 9.88. The normalized spacial score (nSPS) is 15.5. The molecule has 0 radical (unpaired) electrons. The first-order chi connectivity index (χ1) is 17.9. The number of halogens is 2. The second-order valence-electron chi connectivity index (χ2n) is 9.68. The number of alkyl carbamates (subject to hydrolysis) is 1. The van der Waals surface area contributed by atoms with Crippen molar-refractivity contribution < 1.29 is 19.4 Å². The predicted molar refractivity (Wildman–Crippen MR) is 144 cm³/mol. The van der Waals surface area contributed by atoms with Crippen LogP contribution >= 0.6 is 23.2 Å². The standard InChI is InChI=1S/C27H34Cl2N4O4/c28-22-8-3-5-19(24(22)29)17-37-27(36)32-23(26(34)35)13-16-33(21-11-12-21)15-2-1-7-20-10-9-18-6-4-14-30-25(18)31-20/h3,5,8-10,21,23H,1-2,4,6-7,11-17H2,(H,30,31)(H,32,36)(H,34,35). The van der Waals surface area contributed by atoms with E-state index in [9.17, 15) is 14.7 Å². The second-order valence-corrected chi connectivity index (χ2v) is 10.5. The summed E-state index contributed by atoms with van der Waals surface area (Å²) in [4.78, 5) is 31.2. The number of nitrogens with one attached hydrogen (secondary N) is 2. The summed E-state index contributed by atoms with van der Waals surface area (Å²) in [5.74, 6) is -0.0506. The molecule has 1 atom stereocenters. The molecule has 1 unspecified atom stereocenters. The van der Waals surface area contributed by atoms with E-state index >= 15 is 0 Å². The van der Waals surface area contributed by atoms with Gasteiger partial charge in [0.2, 0.25) is 0 Å². The maximum absolute atomic E-state index is 12.3. The van der Waals surface area contributed by atoms with Crippen molar-refractivity contribution >= 4 is 41.1 Å². The zero-order valence-electron chi connectivity index (χ0n) is 20.8. The Morgan fingerprint density at radius 2 is 2.03 bits per heavy atom. The van der Waals surface area contributed by atoms with Gasteiger partial charge in [-0.15, -0.1) is 0 Å². The molecule has 0 saturated heterocycles. The lowest BCUT2D eigenvalue weighted by Crippen LogP contribution is -2.43. The average Bonchev–Trinajstić information content (AvgIpc) is 3.73. The number of aryl methyl sites for hydroxylation is 2. The van der Waals surface area contributed by atoms with Crippen molar-refractivity contribution in [2.45, 2.75) is 70.1 Å². The first-order valence-corrected chi connectivity index (χ1v) is 13.7. The Bertz CT molecular complexity index is 1100. The fourth-order valence-corrected chi connectivity index (χ4v) is 4.96. The number of carboxylic acids is 1. The molecule has 0 spiro atoms. The van der Waals surface area contributed by atoms with Gasteiger partial charge in [0.1, 0.15) is 18.5 Å².